The molecule has 1 aromatic carbocycles. The lowest BCUT2D eigenvalue weighted by Gasteiger charge is -2.10. The number of amides is 1. The summed E-state index contributed by atoms with van der Waals surface area (Å²) >= 11 is 0. The fourth-order valence-corrected chi connectivity index (χ4v) is 3.11. The Labute approximate surface area is 190 Å². The van der Waals surface area contributed by atoms with Gasteiger partial charge in [-0.1, -0.05) is 0 Å². The number of rotatable bonds is 6. The largest absolute Gasteiger partial charge is 0.493 e. The number of nitrogens with one attached hydrogen (secondary N) is 1. The number of nitrogens with zero attached hydrogens (tertiary/aromatic N) is 7. The first-order chi connectivity index (χ1) is 16.2. The van der Waals surface area contributed by atoms with Crippen molar-refractivity contribution >= 4 is 29.1 Å². The van der Waals surface area contributed by atoms with Gasteiger partial charge in [0.1, 0.15) is 0 Å². The van der Waals surface area contributed by atoms with Crippen LogP contribution in [-0.4, -0.2) is 48.2 Å². The maximum absolute atomic E-state index is 12.5. The number of aryl methyl sites for hydroxylation is 2. The number of nitrogen functional groups attached to an aromatic ring is 1. The summed E-state index contributed by atoms with van der Waals surface area (Å²) in [6.45, 7) is 0. The molecule has 15 nitrogen and oxygen atoms in total. The van der Waals surface area contributed by atoms with Crippen LogP contribution in [0, 0.1) is 0 Å². The number of hydrogen-bond donors (Lipinski definition) is 2. The van der Waals surface area contributed by atoms with Crippen molar-refractivity contribution in [1.29, 1.82) is 0 Å². The van der Waals surface area contributed by atoms with Crippen molar-refractivity contribution in [3.05, 3.63) is 50.3 Å². The van der Waals surface area contributed by atoms with E-state index in [2.05, 4.69) is 30.5 Å². The van der Waals surface area contributed by atoms with Crippen molar-refractivity contribution in [2.45, 2.75) is 0 Å². The maximum Gasteiger partial charge on any atom is 0.332 e. The highest BCUT2D eigenvalue weighted by atomic mass is 16.6. The van der Waals surface area contributed by atoms with Gasteiger partial charge in [-0.25, -0.2) is 14.8 Å². The van der Waals surface area contributed by atoms with Crippen molar-refractivity contribution in [2.24, 2.45) is 26.2 Å². The van der Waals surface area contributed by atoms with Gasteiger partial charge in [-0.05, 0) is 34.1 Å². The maximum atomic E-state index is 12.5. The van der Waals surface area contributed by atoms with Crippen LogP contribution in [0.2, 0.25) is 0 Å². The first kappa shape index (κ1) is 22.3. The summed E-state index contributed by atoms with van der Waals surface area (Å²) in [5, 5.41) is 10.5. The third-order valence-corrected chi connectivity index (χ3v) is 4.93. The topological polar surface area (TPSA) is 187 Å². The SMILES string of the molecule is COc1cc(C=NNC(=O)c2nonc2N)ccc1Oc1nc2c(c(=O)n(C)c(=O)n2C)n1C. The number of aromatic nitrogens is 6. The second-order valence-corrected chi connectivity index (χ2v) is 7.04. The number of hydrazone groups is 1. The molecule has 0 radical (unpaired) electrons. The second kappa shape index (κ2) is 8.53. The molecule has 4 rings (SSSR count). The Kier molecular flexibility index (Phi) is 5.58. The van der Waals surface area contributed by atoms with E-state index >= 15 is 0 Å². The Bertz CT molecular complexity index is 1560. The number of benzene rings is 1. The predicted molar refractivity (Wildman–Crippen MR) is 118 cm³/mol. The summed E-state index contributed by atoms with van der Waals surface area (Å²) in [5.41, 5.74) is 7.49. The summed E-state index contributed by atoms with van der Waals surface area (Å²) in [7, 11) is 5.95. The molecule has 0 aliphatic carbocycles. The van der Waals surface area contributed by atoms with Crippen molar-refractivity contribution < 1.29 is 18.9 Å². The lowest BCUT2D eigenvalue weighted by atomic mass is 10.2. The van der Waals surface area contributed by atoms with E-state index in [1.165, 1.54) is 36.6 Å². The molecule has 0 spiro atoms. The monoisotopic (exact) mass is 469 g/mol. The highest BCUT2D eigenvalue weighted by molar-refractivity contribution is 5.96. The van der Waals surface area contributed by atoms with Crippen LogP contribution in [0.3, 0.4) is 0 Å². The van der Waals surface area contributed by atoms with Gasteiger partial charge in [-0.15, -0.1) is 0 Å². The zero-order valence-electron chi connectivity index (χ0n) is 18.5. The Morgan fingerprint density at radius 3 is 2.59 bits per heavy atom. The number of fused-ring (bicyclic) bond motifs is 1. The Balaban J connectivity index is 1.59. The van der Waals surface area contributed by atoms with Crippen LogP contribution < -0.4 is 31.9 Å². The molecular formula is C19H19N9O6. The van der Waals surface area contributed by atoms with E-state index in [0.717, 1.165) is 4.57 Å². The average Bonchev–Trinajstić information content (AvgIpc) is 3.40. The lowest BCUT2D eigenvalue weighted by Crippen LogP contribution is -2.37. The van der Waals surface area contributed by atoms with Gasteiger partial charge in [0.25, 0.3) is 11.5 Å². The molecular weight excluding hydrogens is 450 g/mol. The standard InChI is InChI=1S/C19H19N9O6/c1-26-13-15(27(2)19(31)28(3)17(13)30)22-18(26)33-10-6-5-9(7-11(10)32-4)8-21-23-16(29)12-14(20)25-34-24-12/h5-8H,1-4H3,(H2,20,25)(H,23,29). The fraction of sp³-hybridized carbons (Fsp3) is 0.211. The van der Waals surface area contributed by atoms with Gasteiger partial charge >= 0.3 is 11.7 Å². The number of methoxy groups -OCH3 is 1. The van der Waals surface area contributed by atoms with E-state index in [1.54, 1.807) is 25.2 Å². The van der Waals surface area contributed by atoms with E-state index in [-0.39, 0.29) is 28.7 Å². The summed E-state index contributed by atoms with van der Waals surface area (Å²) < 4.78 is 19.3. The summed E-state index contributed by atoms with van der Waals surface area (Å²) in [6, 6.07) is 4.93. The molecule has 0 unspecified atom stereocenters. The third-order valence-electron chi connectivity index (χ3n) is 4.93. The summed E-state index contributed by atoms with van der Waals surface area (Å²) in [4.78, 5) is 41.0. The molecule has 3 aromatic heterocycles. The Morgan fingerprint density at radius 2 is 1.91 bits per heavy atom. The molecule has 3 heterocycles. The van der Waals surface area contributed by atoms with Crippen molar-refractivity contribution in [3.8, 4) is 17.5 Å². The highest BCUT2D eigenvalue weighted by Crippen LogP contribution is 2.32. The van der Waals surface area contributed by atoms with Crippen LogP contribution in [0.15, 0.2) is 37.5 Å². The summed E-state index contributed by atoms with van der Waals surface area (Å²) in [6.07, 6.45) is 1.36. The molecule has 4 aromatic rings. The molecule has 0 aliphatic heterocycles. The third kappa shape index (κ3) is 3.74. The molecule has 34 heavy (non-hydrogen) atoms. The van der Waals surface area contributed by atoms with Crippen molar-refractivity contribution in [2.75, 3.05) is 12.8 Å². The predicted octanol–water partition coefficient (Wildman–Crippen LogP) is -0.499. The van der Waals surface area contributed by atoms with E-state index in [1.807, 2.05) is 0 Å². The van der Waals surface area contributed by atoms with Gasteiger partial charge in [0.15, 0.2) is 22.7 Å². The number of ether oxygens (including phenoxy) is 2. The van der Waals surface area contributed by atoms with Crippen LogP contribution in [0.5, 0.6) is 17.5 Å². The molecule has 3 N–H and O–H groups in total. The van der Waals surface area contributed by atoms with Gasteiger partial charge in [0.05, 0.1) is 13.3 Å². The molecule has 0 atom stereocenters. The zero-order chi connectivity index (χ0) is 24.6. The van der Waals surface area contributed by atoms with E-state index in [4.69, 9.17) is 15.2 Å². The molecule has 0 fully saturated rings. The van der Waals surface area contributed by atoms with E-state index in [9.17, 15) is 14.4 Å². The minimum Gasteiger partial charge on any atom is -0.493 e. The number of anilines is 1. The minimum absolute atomic E-state index is 0.0825. The normalized spacial score (nSPS) is 11.3. The first-order valence-electron chi connectivity index (χ1n) is 9.62. The smallest absolute Gasteiger partial charge is 0.332 e. The van der Waals surface area contributed by atoms with Crippen molar-refractivity contribution in [3.63, 3.8) is 0 Å². The first-order valence-corrected chi connectivity index (χ1v) is 9.62. The van der Waals surface area contributed by atoms with Crippen LogP contribution in [0.4, 0.5) is 5.82 Å². The van der Waals surface area contributed by atoms with Gasteiger partial charge in [0.2, 0.25) is 11.5 Å². The lowest BCUT2D eigenvalue weighted by molar-refractivity contribution is 0.0946. The molecule has 176 valence electrons. The second-order valence-electron chi connectivity index (χ2n) is 7.04. The fourth-order valence-electron chi connectivity index (χ4n) is 3.11. The highest BCUT2D eigenvalue weighted by Gasteiger charge is 2.19. The summed E-state index contributed by atoms with van der Waals surface area (Å²) in [5.74, 6) is -0.223. The molecule has 0 saturated carbocycles. The number of imidazole rings is 1. The van der Waals surface area contributed by atoms with Crippen LogP contribution in [0.1, 0.15) is 16.1 Å². The molecule has 0 saturated heterocycles. The number of nitrogens with two attached hydrogens (primary N) is 1. The Morgan fingerprint density at radius 1 is 1.15 bits per heavy atom. The average molecular weight is 469 g/mol. The van der Waals surface area contributed by atoms with E-state index < -0.39 is 17.2 Å². The van der Waals surface area contributed by atoms with Crippen LogP contribution >= 0.6 is 0 Å². The van der Waals surface area contributed by atoms with Crippen molar-refractivity contribution in [1.82, 2.24) is 34.4 Å². The molecule has 0 aliphatic rings. The number of hydrogen-bond acceptors (Lipinski definition) is 11. The van der Waals surface area contributed by atoms with Crippen LogP contribution in [-0.2, 0) is 21.1 Å². The quantitative estimate of drug-likeness (QED) is 0.275. The molecule has 0 bridgehead atoms. The van der Waals surface area contributed by atoms with Gasteiger partial charge in [0, 0.05) is 21.1 Å². The zero-order valence-corrected chi connectivity index (χ0v) is 18.5. The van der Waals surface area contributed by atoms with E-state index in [0.29, 0.717) is 17.1 Å². The van der Waals surface area contributed by atoms with Gasteiger partial charge in [-0.2, -0.15) is 10.1 Å². The molecule has 1 amide bonds. The number of carbonyl (C=O) groups is 1. The Hall–Kier alpha value is -4.95. The minimum atomic E-state index is -0.690. The van der Waals surface area contributed by atoms with Crippen LogP contribution in [0.25, 0.3) is 11.2 Å². The molecule has 15 heteroatoms. The van der Waals surface area contributed by atoms with Gasteiger partial charge in [-0.3, -0.25) is 23.3 Å². The van der Waals surface area contributed by atoms with Gasteiger partial charge < -0.3 is 15.2 Å². The number of carbonyl (C=O) groups excluding carboxylic acids is 1.